The van der Waals surface area contributed by atoms with E-state index in [1.807, 2.05) is 36.4 Å². The van der Waals surface area contributed by atoms with Gasteiger partial charge in [0.2, 0.25) is 6.29 Å². The summed E-state index contributed by atoms with van der Waals surface area (Å²) in [6.45, 7) is 0. The lowest BCUT2D eigenvalue weighted by Crippen LogP contribution is -2.16. The molecule has 0 bridgehead atoms. The number of methoxy groups -OCH3 is 2. The first-order valence-electron chi connectivity index (χ1n) is 6.01. The third kappa shape index (κ3) is 1.81. The van der Waals surface area contributed by atoms with Crippen LogP contribution in [0.2, 0.25) is 0 Å². The highest BCUT2D eigenvalue weighted by Gasteiger charge is 2.28. The molecule has 2 aromatic carbocycles. The molecule has 4 nitrogen and oxygen atoms in total. The molecule has 0 saturated carbocycles. The number of benzene rings is 2. The van der Waals surface area contributed by atoms with Crippen LogP contribution < -0.4 is 15.2 Å². The van der Waals surface area contributed by atoms with E-state index in [0.29, 0.717) is 5.69 Å². The van der Waals surface area contributed by atoms with Gasteiger partial charge in [-0.05, 0) is 29.8 Å². The van der Waals surface area contributed by atoms with E-state index in [0.717, 1.165) is 28.2 Å². The van der Waals surface area contributed by atoms with Crippen LogP contribution in [-0.4, -0.2) is 14.2 Å². The average Bonchev–Trinajstić information content (AvgIpc) is 2.45. The molecule has 3 rings (SSSR count). The molecule has 0 aliphatic carbocycles. The number of fused-ring (bicyclic) bond motifs is 3. The van der Waals surface area contributed by atoms with Gasteiger partial charge in [-0.25, -0.2) is 0 Å². The van der Waals surface area contributed by atoms with Crippen molar-refractivity contribution in [3.63, 3.8) is 0 Å². The Hall–Kier alpha value is -2.20. The van der Waals surface area contributed by atoms with Gasteiger partial charge in [-0.15, -0.1) is 0 Å². The van der Waals surface area contributed by atoms with Crippen LogP contribution in [0.5, 0.6) is 11.5 Å². The molecule has 1 aliphatic heterocycles. The van der Waals surface area contributed by atoms with Gasteiger partial charge in [0, 0.05) is 18.4 Å². The fourth-order valence-corrected chi connectivity index (χ4v) is 2.40. The van der Waals surface area contributed by atoms with E-state index in [4.69, 9.17) is 19.9 Å². The highest BCUT2D eigenvalue weighted by Crippen LogP contribution is 2.47. The van der Waals surface area contributed by atoms with Crippen molar-refractivity contribution in [2.24, 2.45) is 0 Å². The zero-order valence-corrected chi connectivity index (χ0v) is 10.8. The first-order chi connectivity index (χ1) is 9.24. The van der Waals surface area contributed by atoms with Crippen molar-refractivity contribution < 1.29 is 14.2 Å². The molecule has 1 unspecified atom stereocenters. The number of rotatable bonds is 2. The van der Waals surface area contributed by atoms with Crippen LogP contribution in [-0.2, 0) is 4.74 Å². The van der Waals surface area contributed by atoms with E-state index < -0.39 is 6.29 Å². The number of nitrogen functional groups attached to an aromatic ring is 1. The lowest BCUT2D eigenvalue weighted by molar-refractivity contribution is -0.0578. The predicted molar refractivity (Wildman–Crippen MR) is 73.2 cm³/mol. The molecular weight excluding hydrogens is 242 g/mol. The summed E-state index contributed by atoms with van der Waals surface area (Å²) in [5.74, 6) is 1.53. The van der Waals surface area contributed by atoms with Gasteiger partial charge in [-0.1, -0.05) is 12.1 Å². The van der Waals surface area contributed by atoms with Gasteiger partial charge in [0.1, 0.15) is 11.5 Å². The second kappa shape index (κ2) is 4.48. The van der Waals surface area contributed by atoms with Crippen LogP contribution in [0, 0.1) is 0 Å². The van der Waals surface area contributed by atoms with Gasteiger partial charge in [0.25, 0.3) is 0 Å². The fraction of sp³-hybridized carbons (Fsp3) is 0.200. The van der Waals surface area contributed by atoms with Crippen molar-refractivity contribution in [1.29, 1.82) is 0 Å². The quantitative estimate of drug-likeness (QED) is 0.840. The summed E-state index contributed by atoms with van der Waals surface area (Å²) in [5, 5.41) is 0. The SMILES string of the molecule is COc1cccc2c1-c1ccc(N)cc1C(OC)O2. The molecule has 0 aromatic heterocycles. The largest absolute Gasteiger partial charge is 0.496 e. The molecule has 98 valence electrons. The molecule has 0 radical (unpaired) electrons. The molecule has 2 aromatic rings. The van der Waals surface area contributed by atoms with Crippen LogP contribution in [0.4, 0.5) is 5.69 Å². The maximum absolute atomic E-state index is 5.85. The van der Waals surface area contributed by atoms with Crippen LogP contribution in [0.1, 0.15) is 11.9 Å². The third-order valence-electron chi connectivity index (χ3n) is 3.25. The molecule has 1 heterocycles. The minimum absolute atomic E-state index is 0.446. The topological polar surface area (TPSA) is 53.7 Å². The Kier molecular flexibility index (Phi) is 2.80. The van der Waals surface area contributed by atoms with Gasteiger partial charge in [0.15, 0.2) is 0 Å². The summed E-state index contributed by atoms with van der Waals surface area (Å²) in [4.78, 5) is 0. The fourth-order valence-electron chi connectivity index (χ4n) is 2.40. The highest BCUT2D eigenvalue weighted by molar-refractivity contribution is 5.82. The Bertz CT molecular complexity index is 625. The summed E-state index contributed by atoms with van der Waals surface area (Å²) < 4.78 is 16.6. The molecule has 0 amide bonds. The van der Waals surface area contributed by atoms with Gasteiger partial charge >= 0.3 is 0 Å². The van der Waals surface area contributed by atoms with Crippen molar-refractivity contribution >= 4 is 5.69 Å². The first-order valence-corrected chi connectivity index (χ1v) is 6.01. The van der Waals surface area contributed by atoms with E-state index in [9.17, 15) is 0 Å². The van der Waals surface area contributed by atoms with E-state index in [1.165, 1.54) is 0 Å². The van der Waals surface area contributed by atoms with Crippen LogP contribution >= 0.6 is 0 Å². The zero-order valence-electron chi connectivity index (χ0n) is 10.8. The van der Waals surface area contributed by atoms with E-state index in [2.05, 4.69) is 0 Å². The lowest BCUT2D eigenvalue weighted by Gasteiger charge is -2.28. The first kappa shape index (κ1) is 11.9. The van der Waals surface area contributed by atoms with Crippen molar-refractivity contribution in [3.8, 4) is 22.6 Å². The van der Waals surface area contributed by atoms with Gasteiger partial charge < -0.3 is 19.9 Å². The molecule has 1 aliphatic rings. The minimum atomic E-state index is -0.446. The number of hydrogen-bond acceptors (Lipinski definition) is 4. The molecule has 1 atom stereocenters. The Balaban J connectivity index is 2.28. The van der Waals surface area contributed by atoms with Crippen LogP contribution in [0.3, 0.4) is 0 Å². The second-order valence-electron chi connectivity index (χ2n) is 4.37. The molecule has 4 heteroatoms. The average molecular weight is 257 g/mol. The summed E-state index contributed by atoms with van der Waals surface area (Å²) in [6.07, 6.45) is -0.446. The number of hydrogen-bond donors (Lipinski definition) is 1. The summed E-state index contributed by atoms with van der Waals surface area (Å²) in [6, 6.07) is 11.4. The zero-order chi connectivity index (χ0) is 13.4. The molecule has 0 fully saturated rings. The summed E-state index contributed by atoms with van der Waals surface area (Å²) >= 11 is 0. The van der Waals surface area contributed by atoms with Gasteiger partial charge in [-0.2, -0.15) is 0 Å². The van der Waals surface area contributed by atoms with Gasteiger partial charge in [0.05, 0.1) is 12.7 Å². The maximum Gasteiger partial charge on any atom is 0.227 e. The Morgan fingerprint density at radius 3 is 2.74 bits per heavy atom. The number of anilines is 1. The van der Waals surface area contributed by atoms with Crippen molar-refractivity contribution in [1.82, 2.24) is 0 Å². The monoisotopic (exact) mass is 257 g/mol. The smallest absolute Gasteiger partial charge is 0.227 e. The van der Waals surface area contributed by atoms with Crippen LogP contribution in [0.25, 0.3) is 11.1 Å². The van der Waals surface area contributed by atoms with Crippen LogP contribution in [0.15, 0.2) is 36.4 Å². The Morgan fingerprint density at radius 1 is 1.16 bits per heavy atom. The van der Waals surface area contributed by atoms with E-state index in [1.54, 1.807) is 14.2 Å². The molecule has 0 spiro atoms. The number of nitrogens with two attached hydrogens (primary N) is 1. The van der Waals surface area contributed by atoms with E-state index >= 15 is 0 Å². The van der Waals surface area contributed by atoms with Crippen molar-refractivity contribution in [2.45, 2.75) is 6.29 Å². The Morgan fingerprint density at radius 2 is 2.00 bits per heavy atom. The molecule has 19 heavy (non-hydrogen) atoms. The number of ether oxygens (including phenoxy) is 3. The van der Waals surface area contributed by atoms with Crippen molar-refractivity contribution in [2.75, 3.05) is 20.0 Å². The van der Waals surface area contributed by atoms with Gasteiger partial charge in [-0.3, -0.25) is 0 Å². The van der Waals surface area contributed by atoms with Crippen molar-refractivity contribution in [3.05, 3.63) is 42.0 Å². The Labute approximate surface area is 111 Å². The second-order valence-corrected chi connectivity index (χ2v) is 4.37. The summed E-state index contributed by atoms with van der Waals surface area (Å²) in [5.41, 5.74) is 9.41. The highest BCUT2D eigenvalue weighted by atomic mass is 16.7. The minimum Gasteiger partial charge on any atom is -0.496 e. The standard InChI is InChI=1S/C15H15NO3/c1-17-12-4-3-5-13-14(12)10-7-6-9(16)8-11(10)15(18-2)19-13/h3-8,15H,16H2,1-2H3. The predicted octanol–water partition coefficient (Wildman–Crippen LogP) is 2.98. The summed E-state index contributed by atoms with van der Waals surface area (Å²) in [7, 11) is 3.26. The third-order valence-corrected chi connectivity index (χ3v) is 3.25. The molecule has 2 N–H and O–H groups in total. The molecular formula is C15H15NO3. The lowest BCUT2D eigenvalue weighted by atomic mass is 9.95. The molecule has 0 saturated heterocycles. The van der Waals surface area contributed by atoms with E-state index in [-0.39, 0.29) is 0 Å². The maximum atomic E-state index is 5.85. The normalized spacial score (nSPS) is 16.2.